The summed E-state index contributed by atoms with van der Waals surface area (Å²) in [5.74, 6) is 1.26. The van der Waals surface area contributed by atoms with Crippen LogP contribution in [-0.4, -0.2) is 21.3 Å². The van der Waals surface area contributed by atoms with E-state index < -0.39 is 0 Å². The van der Waals surface area contributed by atoms with Gasteiger partial charge in [-0.05, 0) is 32.0 Å². The van der Waals surface area contributed by atoms with Crippen LogP contribution in [0.15, 0.2) is 54.7 Å². The van der Waals surface area contributed by atoms with E-state index in [9.17, 15) is 4.39 Å². The van der Waals surface area contributed by atoms with Crippen LogP contribution < -0.4 is 15.4 Å². The lowest BCUT2D eigenvalue weighted by molar-refractivity contribution is 0.244. The van der Waals surface area contributed by atoms with Gasteiger partial charge in [0.15, 0.2) is 5.82 Å². The van der Waals surface area contributed by atoms with E-state index in [0.717, 1.165) is 11.4 Å². The number of anilines is 3. The van der Waals surface area contributed by atoms with Crippen LogP contribution in [0.25, 0.3) is 0 Å². The molecule has 7 heteroatoms. The minimum atomic E-state index is -0.276. The molecule has 0 aliphatic heterocycles. The van der Waals surface area contributed by atoms with E-state index in [0.29, 0.717) is 17.3 Å². The zero-order chi connectivity index (χ0) is 18.4. The number of hydrogen-bond acceptors (Lipinski definition) is 6. The molecule has 0 spiro atoms. The summed E-state index contributed by atoms with van der Waals surface area (Å²) in [6, 6.07) is 14.1. The van der Waals surface area contributed by atoms with Crippen LogP contribution in [0.5, 0.6) is 5.75 Å². The van der Waals surface area contributed by atoms with E-state index in [1.165, 1.54) is 12.3 Å². The highest BCUT2D eigenvalue weighted by Gasteiger charge is 2.08. The highest BCUT2D eigenvalue weighted by Crippen LogP contribution is 2.27. The molecule has 3 aromatic rings. The number of nitrogens with zero attached hydrogens (tertiary/aromatic N) is 3. The molecule has 0 saturated heterocycles. The maximum atomic E-state index is 13.7. The van der Waals surface area contributed by atoms with Gasteiger partial charge >= 0.3 is 0 Å². The standard InChI is InChI=1S/C19H20FN5O/c1-13(2)26-17-10-6-5-9-16(17)23-18-12-22-25-19(24-18)21-11-14-7-3-4-8-15(14)20/h3-10,12-13H,11H2,1-2H3,(H2,21,23,24,25). The molecule has 3 rings (SSSR count). The van der Waals surface area contributed by atoms with Crippen LogP contribution in [-0.2, 0) is 6.54 Å². The second-order valence-corrected chi connectivity index (χ2v) is 5.90. The van der Waals surface area contributed by atoms with Crippen LogP contribution in [0, 0.1) is 5.82 Å². The van der Waals surface area contributed by atoms with Gasteiger partial charge in [-0.2, -0.15) is 10.1 Å². The number of rotatable bonds is 7. The summed E-state index contributed by atoms with van der Waals surface area (Å²) < 4.78 is 19.5. The first-order valence-electron chi connectivity index (χ1n) is 8.31. The third-order valence-corrected chi connectivity index (χ3v) is 3.47. The number of halogens is 1. The van der Waals surface area contributed by atoms with Crippen LogP contribution >= 0.6 is 0 Å². The maximum Gasteiger partial charge on any atom is 0.244 e. The first-order chi connectivity index (χ1) is 12.6. The van der Waals surface area contributed by atoms with Crippen molar-refractivity contribution in [2.75, 3.05) is 10.6 Å². The first-order valence-corrected chi connectivity index (χ1v) is 8.31. The zero-order valence-electron chi connectivity index (χ0n) is 14.6. The monoisotopic (exact) mass is 353 g/mol. The van der Waals surface area contributed by atoms with E-state index in [1.54, 1.807) is 18.2 Å². The first kappa shape index (κ1) is 17.6. The van der Waals surface area contributed by atoms with Gasteiger partial charge in [0.2, 0.25) is 5.95 Å². The molecule has 0 unspecified atom stereocenters. The van der Waals surface area contributed by atoms with Crippen LogP contribution in [0.1, 0.15) is 19.4 Å². The van der Waals surface area contributed by atoms with E-state index in [4.69, 9.17) is 4.74 Å². The summed E-state index contributed by atoms with van der Waals surface area (Å²) in [6.07, 6.45) is 1.57. The molecule has 0 amide bonds. The molecule has 1 heterocycles. The van der Waals surface area contributed by atoms with Crippen LogP contribution in [0.4, 0.5) is 21.8 Å². The number of ether oxygens (including phenoxy) is 1. The molecule has 6 nitrogen and oxygen atoms in total. The predicted molar refractivity (Wildman–Crippen MR) is 99.0 cm³/mol. The Morgan fingerprint density at radius 2 is 1.85 bits per heavy atom. The maximum absolute atomic E-state index is 13.7. The SMILES string of the molecule is CC(C)Oc1ccccc1Nc1cnnc(NCc2ccccc2F)n1. The van der Waals surface area contributed by atoms with Gasteiger partial charge in [-0.15, -0.1) is 5.10 Å². The normalized spacial score (nSPS) is 10.6. The predicted octanol–water partition coefficient (Wildman–Crippen LogP) is 4.15. The van der Waals surface area contributed by atoms with Crippen molar-refractivity contribution in [3.05, 3.63) is 66.1 Å². The Labute approximate surface area is 151 Å². The van der Waals surface area contributed by atoms with Crippen molar-refractivity contribution in [3.8, 4) is 5.75 Å². The summed E-state index contributed by atoms with van der Waals surface area (Å²) >= 11 is 0. The number of aromatic nitrogens is 3. The molecule has 2 N–H and O–H groups in total. The summed E-state index contributed by atoms with van der Waals surface area (Å²) in [6.45, 7) is 4.20. The van der Waals surface area contributed by atoms with Crippen molar-refractivity contribution >= 4 is 17.5 Å². The van der Waals surface area contributed by atoms with E-state index >= 15 is 0 Å². The van der Waals surface area contributed by atoms with Crippen molar-refractivity contribution < 1.29 is 9.13 Å². The minimum Gasteiger partial charge on any atom is -0.489 e. The molecule has 0 atom stereocenters. The molecule has 0 fully saturated rings. The molecule has 0 bridgehead atoms. The Bertz CT molecular complexity index is 872. The third kappa shape index (κ3) is 4.66. The van der Waals surface area contributed by atoms with Gasteiger partial charge in [-0.25, -0.2) is 4.39 Å². The molecule has 0 aliphatic carbocycles. The van der Waals surface area contributed by atoms with E-state index in [2.05, 4.69) is 25.8 Å². The summed E-state index contributed by atoms with van der Waals surface area (Å²) in [5, 5.41) is 14.0. The number of nitrogens with one attached hydrogen (secondary N) is 2. The minimum absolute atomic E-state index is 0.0551. The molecule has 0 aliphatic rings. The van der Waals surface area contributed by atoms with Gasteiger partial charge in [0.05, 0.1) is 18.0 Å². The second-order valence-electron chi connectivity index (χ2n) is 5.90. The van der Waals surface area contributed by atoms with Gasteiger partial charge in [0, 0.05) is 12.1 Å². The molecule has 1 aromatic heterocycles. The molecule has 0 saturated carbocycles. The lowest BCUT2D eigenvalue weighted by Crippen LogP contribution is -2.09. The van der Waals surface area contributed by atoms with Crippen molar-refractivity contribution in [1.29, 1.82) is 0 Å². The molecule has 0 radical (unpaired) electrons. The Morgan fingerprint density at radius 1 is 1.08 bits per heavy atom. The number of hydrogen-bond donors (Lipinski definition) is 2. The fourth-order valence-electron chi connectivity index (χ4n) is 2.32. The number of para-hydroxylation sites is 2. The quantitative estimate of drug-likeness (QED) is 0.665. The van der Waals surface area contributed by atoms with Gasteiger partial charge in [-0.1, -0.05) is 30.3 Å². The fourth-order valence-corrected chi connectivity index (χ4v) is 2.32. The van der Waals surface area contributed by atoms with Crippen molar-refractivity contribution in [2.24, 2.45) is 0 Å². The smallest absolute Gasteiger partial charge is 0.244 e. The van der Waals surface area contributed by atoms with Crippen molar-refractivity contribution in [1.82, 2.24) is 15.2 Å². The van der Waals surface area contributed by atoms with Crippen LogP contribution in [0.2, 0.25) is 0 Å². The lowest BCUT2D eigenvalue weighted by atomic mass is 10.2. The Kier molecular flexibility index (Phi) is 5.58. The molecule has 26 heavy (non-hydrogen) atoms. The van der Waals surface area contributed by atoms with Crippen molar-refractivity contribution in [3.63, 3.8) is 0 Å². The van der Waals surface area contributed by atoms with Gasteiger partial charge < -0.3 is 15.4 Å². The zero-order valence-corrected chi connectivity index (χ0v) is 14.6. The van der Waals surface area contributed by atoms with Crippen molar-refractivity contribution in [2.45, 2.75) is 26.5 Å². The average molecular weight is 353 g/mol. The lowest BCUT2D eigenvalue weighted by Gasteiger charge is -2.15. The highest BCUT2D eigenvalue weighted by atomic mass is 19.1. The summed E-state index contributed by atoms with van der Waals surface area (Å²) in [7, 11) is 0. The second kappa shape index (κ2) is 8.24. The van der Waals surface area contributed by atoms with Crippen LogP contribution in [0.3, 0.4) is 0 Å². The largest absolute Gasteiger partial charge is 0.489 e. The van der Waals surface area contributed by atoms with Gasteiger partial charge in [-0.3, -0.25) is 0 Å². The topological polar surface area (TPSA) is 72.0 Å². The average Bonchev–Trinajstić information content (AvgIpc) is 2.63. The third-order valence-electron chi connectivity index (χ3n) is 3.47. The van der Waals surface area contributed by atoms with E-state index in [-0.39, 0.29) is 18.5 Å². The molecular formula is C19H20FN5O. The molecule has 2 aromatic carbocycles. The Balaban J connectivity index is 1.71. The van der Waals surface area contributed by atoms with Gasteiger partial charge in [0.1, 0.15) is 11.6 Å². The van der Waals surface area contributed by atoms with Gasteiger partial charge in [0.25, 0.3) is 0 Å². The van der Waals surface area contributed by atoms with E-state index in [1.807, 2.05) is 38.1 Å². The number of benzene rings is 2. The molecular weight excluding hydrogens is 333 g/mol. The fraction of sp³-hybridized carbons (Fsp3) is 0.211. The highest BCUT2D eigenvalue weighted by molar-refractivity contribution is 5.64. The Hall–Kier alpha value is -3.22. The summed E-state index contributed by atoms with van der Waals surface area (Å²) in [5.41, 5.74) is 1.31. The molecule has 134 valence electrons. The summed E-state index contributed by atoms with van der Waals surface area (Å²) in [4.78, 5) is 4.36. The Morgan fingerprint density at radius 3 is 2.65 bits per heavy atom.